The van der Waals surface area contributed by atoms with Crippen LogP contribution in [0.15, 0.2) is 0 Å². The van der Waals surface area contributed by atoms with Gasteiger partial charge in [-0.15, -0.1) is 0 Å². The van der Waals surface area contributed by atoms with E-state index >= 15 is 0 Å². The number of rotatable bonds is 8. The zero-order valence-electron chi connectivity index (χ0n) is 8.80. The molecular weight excluding hydrogens is 330 g/mol. The maximum absolute atomic E-state index is 11.6. The van der Waals surface area contributed by atoms with Crippen LogP contribution in [0.25, 0.3) is 0 Å². The molecule has 0 aliphatic carbocycles. The van der Waals surface area contributed by atoms with Crippen LogP contribution in [0.3, 0.4) is 0 Å². The molecule has 0 saturated heterocycles. The standard InChI is InChI=1S/C9H16O4Se2/c1-14-4-3-7(10)8(11)6(5-15-2)9(12)13/h6-7,10H,3-5H2,1-2H3,(H,12,13). The van der Waals surface area contributed by atoms with Crippen molar-refractivity contribution in [3.8, 4) is 0 Å². The van der Waals surface area contributed by atoms with Crippen molar-refractivity contribution in [2.45, 2.75) is 34.8 Å². The molecule has 2 atom stereocenters. The second-order valence-corrected chi connectivity index (χ2v) is 7.02. The Morgan fingerprint density at radius 1 is 1.27 bits per heavy atom. The SMILES string of the molecule is C[Se]CCC(O)C(=O)C(C[Se]C)C(=O)O. The molecule has 0 aromatic carbocycles. The molecule has 0 saturated carbocycles. The molecule has 0 rings (SSSR count). The van der Waals surface area contributed by atoms with E-state index in [4.69, 9.17) is 5.11 Å². The molecule has 88 valence electrons. The molecule has 6 heteroatoms. The van der Waals surface area contributed by atoms with E-state index in [1.54, 1.807) is 0 Å². The molecule has 2 N–H and O–H groups in total. The Balaban J connectivity index is 4.28. The number of aliphatic hydroxyl groups is 1. The Kier molecular flexibility index (Phi) is 8.39. The zero-order chi connectivity index (χ0) is 11.8. The summed E-state index contributed by atoms with van der Waals surface area (Å²) in [6.07, 6.45) is -0.689. The van der Waals surface area contributed by atoms with E-state index in [1.807, 2.05) is 11.6 Å². The molecule has 0 aliphatic rings. The van der Waals surface area contributed by atoms with Crippen LogP contribution in [0.2, 0.25) is 22.3 Å². The van der Waals surface area contributed by atoms with Crippen molar-refractivity contribution in [3.63, 3.8) is 0 Å². The summed E-state index contributed by atoms with van der Waals surface area (Å²) in [6.45, 7) is 0. The topological polar surface area (TPSA) is 74.6 Å². The molecule has 0 bridgehead atoms. The molecule has 0 aromatic rings. The molecule has 2 unspecified atom stereocenters. The summed E-state index contributed by atoms with van der Waals surface area (Å²) in [6, 6.07) is 0. The molecule has 4 nitrogen and oxygen atoms in total. The van der Waals surface area contributed by atoms with Crippen LogP contribution in [0, 0.1) is 5.92 Å². The van der Waals surface area contributed by atoms with Crippen LogP contribution in [-0.2, 0) is 9.59 Å². The van der Waals surface area contributed by atoms with E-state index in [0.717, 1.165) is 5.32 Å². The van der Waals surface area contributed by atoms with E-state index in [9.17, 15) is 14.7 Å². The summed E-state index contributed by atoms with van der Waals surface area (Å²) < 4.78 is 0. The van der Waals surface area contributed by atoms with Crippen molar-refractivity contribution >= 4 is 41.7 Å². The second kappa shape index (κ2) is 8.31. The van der Waals surface area contributed by atoms with Gasteiger partial charge in [-0.05, 0) is 0 Å². The van der Waals surface area contributed by atoms with Gasteiger partial charge in [0.15, 0.2) is 0 Å². The molecule has 0 radical (unpaired) electrons. The van der Waals surface area contributed by atoms with Gasteiger partial charge < -0.3 is 0 Å². The number of carboxylic acids is 1. The van der Waals surface area contributed by atoms with Crippen LogP contribution in [0.4, 0.5) is 0 Å². The van der Waals surface area contributed by atoms with Crippen molar-refractivity contribution in [1.29, 1.82) is 0 Å². The van der Waals surface area contributed by atoms with E-state index in [0.29, 0.717) is 26.7 Å². The van der Waals surface area contributed by atoms with Crippen molar-refractivity contribution in [1.82, 2.24) is 0 Å². The first-order valence-electron chi connectivity index (χ1n) is 4.47. The van der Waals surface area contributed by atoms with Gasteiger partial charge in [-0.25, -0.2) is 0 Å². The predicted molar refractivity (Wildman–Crippen MR) is 59.6 cm³/mol. The minimum absolute atomic E-state index is 0.132. The Bertz CT molecular complexity index is 220. The van der Waals surface area contributed by atoms with Gasteiger partial charge in [0.05, 0.1) is 0 Å². The van der Waals surface area contributed by atoms with Crippen molar-refractivity contribution in [2.24, 2.45) is 5.92 Å². The van der Waals surface area contributed by atoms with Gasteiger partial charge in [-0.3, -0.25) is 0 Å². The van der Waals surface area contributed by atoms with Gasteiger partial charge in [0.2, 0.25) is 0 Å². The average molecular weight is 346 g/mol. The van der Waals surface area contributed by atoms with Crippen LogP contribution in [0.5, 0.6) is 0 Å². The molecule has 0 spiro atoms. The van der Waals surface area contributed by atoms with Crippen molar-refractivity contribution < 1.29 is 19.8 Å². The quantitative estimate of drug-likeness (QED) is 0.491. The Labute approximate surface area is 102 Å². The summed E-state index contributed by atoms with van der Waals surface area (Å²) in [5.41, 5.74) is 0. The first-order valence-corrected chi connectivity index (χ1v) is 10.3. The van der Waals surface area contributed by atoms with Crippen LogP contribution in [0.1, 0.15) is 6.42 Å². The third kappa shape index (κ3) is 5.69. The Morgan fingerprint density at radius 2 is 1.87 bits per heavy atom. The van der Waals surface area contributed by atoms with Crippen molar-refractivity contribution in [3.05, 3.63) is 0 Å². The number of aliphatic carboxylic acids is 1. The number of aliphatic hydroxyl groups excluding tert-OH is 1. The van der Waals surface area contributed by atoms with E-state index < -0.39 is 23.8 Å². The van der Waals surface area contributed by atoms with Gasteiger partial charge >= 0.3 is 102 Å². The van der Waals surface area contributed by atoms with E-state index in [-0.39, 0.29) is 15.0 Å². The predicted octanol–water partition coefficient (Wildman–Crippen LogP) is 0.348. The third-order valence-electron chi connectivity index (χ3n) is 1.90. The fourth-order valence-electron chi connectivity index (χ4n) is 1.05. The summed E-state index contributed by atoms with van der Waals surface area (Å²) in [4.78, 5) is 22.4. The molecule has 0 fully saturated rings. The number of carboxylic acid groups (broad SMARTS) is 1. The number of carbonyl (C=O) groups is 2. The normalized spacial score (nSPS) is 14.6. The fraction of sp³-hybridized carbons (Fsp3) is 0.778. The van der Waals surface area contributed by atoms with Crippen LogP contribution < -0.4 is 0 Å². The summed E-state index contributed by atoms with van der Waals surface area (Å²) in [5.74, 6) is 1.28. The molecule has 0 amide bonds. The number of Topliss-reactive ketones (excluding diaryl/α,β-unsaturated/α-hetero) is 1. The molecule has 15 heavy (non-hydrogen) atoms. The molecule has 0 heterocycles. The number of hydrogen-bond donors (Lipinski definition) is 2. The van der Waals surface area contributed by atoms with Gasteiger partial charge in [0.1, 0.15) is 0 Å². The Hall–Kier alpha value is 0.139. The second-order valence-electron chi connectivity index (χ2n) is 3.05. The maximum atomic E-state index is 11.6. The number of carbonyl (C=O) groups excluding carboxylic acids is 1. The molecule has 0 aliphatic heterocycles. The molecule has 0 aromatic heterocycles. The van der Waals surface area contributed by atoms with E-state index in [2.05, 4.69) is 0 Å². The van der Waals surface area contributed by atoms with Gasteiger partial charge in [0.25, 0.3) is 0 Å². The Morgan fingerprint density at radius 3 is 2.27 bits per heavy atom. The monoisotopic (exact) mass is 348 g/mol. The van der Waals surface area contributed by atoms with E-state index in [1.165, 1.54) is 0 Å². The molecular formula is C9H16O4Se2. The van der Waals surface area contributed by atoms with Gasteiger partial charge in [-0.1, -0.05) is 0 Å². The van der Waals surface area contributed by atoms with Crippen molar-refractivity contribution in [2.75, 3.05) is 0 Å². The van der Waals surface area contributed by atoms with Gasteiger partial charge in [0, 0.05) is 0 Å². The van der Waals surface area contributed by atoms with Crippen LogP contribution >= 0.6 is 0 Å². The first kappa shape index (κ1) is 15.1. The number of ketones is 1. The average Bonchev–Trinajstić information content (AvgIpc) is 2.21. The minimum atomic E-state index is -1.11. The summed E-state index contributed by atoms with van der Waals surface area (Å²) >= 11 is 0.543. The fourth-order valence-corrected chi connectivity index (χ4v) is 3.35. The zero-order valence-corrected chi connectivity index (χ0v) is 12.2. The summed E-state index contributed by atoms with van der Waals surface area (Å²) in [7, 11) is 0. The number of hydrogen-bond acceptors (Lipinski definition) is 3. The first-order chi connectivity index (χ1) is 7.04. The third-order valence-corrected chi connectivity index (χ3v) is 4.65. The summed E-state index contributed by atoms with van der Waals surface area (Å²) in [5, 5.41) is 19.5. The van der Waals surface area contributed by atoms with Crippen LogP contribution in [-0.4, -0.2) is 58.0 Å². The van der Waals surface area contributed by atoms with Gasteiger partial charge in [-0.2, -0.15) is 0 Å².